The lowest BCUT2D eigenvalue weighted by Crippen LogP contribution is -2.47. The summed E-state index contributed by atoms with van der Waals surface area (Å²) in [5.41, 5.74) is 1.71. The molecule has 2 aromatic carbocycles. The normalized spacial score (nSPS) is 15.1. The van der Waals surface area contributed by atoms with Gasteiger partial charge < -0.3 is 4.90 Å². The van der Waals surface area contributed by atoms with Gasteiger partial charge in [0.1, 0.15) is 6.54 Å². The predicted molar refractivity (Wildman–Crippen MR) is 104 cm³/mol. The Bertz CT molecular complexity index is 1070. The molecule has 0 bridgehead atoms. The molecule has 1 aliphatic carbocycles. The third-order valence-corrected chi connectivity index (χ3v) is 6.22. The second kappa shape index (κ2) is 6.56. The topological polar surface area (TPSA) is 73.4 Å². The van der Waals surface area contributed by atoms with E-state index in [9.17, 15) is 9.59 Å². The second-order valence-corrected chi connectivity index (χ2v) is 8.08. The van der Waals surface area contributed by atoms with Crippen molar-refractivity contribution >= 4 is 29.2 Å². The molecule has 1 N–H and O–H groups in total. The molecule has 0 spiro atoms. The van der Waals surface area contributed by atoms with Crippen LogP contribution in [0, 0.1) is 0 Å². The molecule has 3 aromatic rings. The van der Waals surface area contributed by atoms with Crippen molar-refractivity contribution in [3.63, 3.8) is 0 Å². The van der Waals surface area contributed by atoms with Gasteiger partial charge in [0.2, 0.25) is 0 Å². The van der Waals surface area contributed by atoms with Gasteiger partial charge in [-0.05, 0) is 42.4 Å². The molecule has 7 nitrogen and oxygen atoms in total. The third-order valence-electron chi connectivity index (χ3n) is 5.09. The Hall–Kier alpha value is -3.00. The maximum absolute atomic E-state index is 13.7. The smallest absolute Gasteiger partial charge is 0.310 e. The second-order valence-electron chi connectivity index (χ2n) is 7.00. The number of para-hydroxylation sites is 2. The van der Waals surface area contributed by atoms with E-state index in [2.05, 4.69) is 5.27 Å². The molecule has 1 fully saturated rings. The average Bonchev–Trinajstić information content (AvgIpc) is 3.50. The van der Waals surface area contributed by atoms with Gasteiger partial charge in [0, 0.05) is 15.8 Å². The van der Waals surface area contributed by atoms with Crippen molar-refractivity contribution in [3.8, 4) is 0 Å². The maximum Gasteiger partial charge on any atom is 0.431 e. The zero-order chi connectivity index (χ0) is 19.3. The first-order chi connectivity index (χ1) is 13.6. The predicted octanol–water partition coefficient (Wildman–Crippen LogP) is 3.18. The summed E-state index contributed by atoms with van der Waals surface area (Å²) >= 11 is 1.66. The van der Waals surface area contributed by atoms with Crippen LogP contribution in [0.15, 0.2) is 67.6 Å². The van der Waals surface area contributed by atoms with E-state index in [1.165, 1.54) is 4.68 Å². The summed E-state index contributed by atoms with van der Waals surface area (Å²) in [6.07, 6.45) is 1.88. The summed E-state index contributed by atoms with van der Waals surface area (Å²) in [6.45, 7) is 0.208. The van der Waals surface area contributed by atoms with Crippen LogP contribution in [0.2, 0.25) is 0 Å². The molecule has 2 amide bonds. The zero-order valence-corrected chi connectivity index (χ0v) is 16.1. The molecule has 28 heavy (non-hydrogen) atoms. The largest absolute Gasteiger partial charge is 0.431 e. The van der Waals surface area contributed by atoms with Crippen LogP contribution in [0.1, 0.15) is 18.5 Å². The van der Waals surface area contributed by atoms with E-state index >= 15 is 0 Å². The molecule has 1 aromatic heterocycles. The SMILES string of the molecule is C[n+]1[nH]oc(=O)c1CN(C(=O)N1c2ccccc2Sc2ccccc21)C1CC1. The van der Waals surface area contributed by atoms with Crippen LogP contribution < -0.4 is 15.2 Å². The first kappa shape index (κ1) is 17.1. The Kier molecular flexibility index (Phi) is 4.01. The van der Waals surface area contributed by atoms with Gasteiger partial charge in [-0.25, -0.2) is 9.59 Å². The van der Waals surface area contributed by atoms with Gasteiger partial charge in [0.05, 0.1) is 11.4 Å². The minimum absolute atomic E-state index is 0.122. The molecule has 142 valence electrons. The summed E-state index contributed by atoms with van der Waals surface area (Å²) in [7, 11) is 1.71. The van der Waals surface area contributed by atoms with Crippen LogP contribution in [0.3, 0.4) is 0 Å². The number of H-pyrrole nitrogens is 1. The van der Waals surface area contributed by atoms with Gasteiger partial charge in [-0.1, -0.05) is 40.7 Å². The van der Waals surface area contributed by atoms with E-state index in [1.807, 2.05) is 48.5 Å². The van der Waals surface area contributed by atoms with Crippen LogP contribution in [0.25, 0.3) is 0 Å². The van der Waals surface area contributed by atoms with Crippen LogP contribution in [0.5, 0.6) is 0 Å². The molecule has 1 aliphatic heterocycles. The lowest BCUT2D eigenvalue weighted by atomic mass is 10.2. The van der Waals surface area contributed by atoms with E-state index in [0.29, 0.717) is 5.69 Å². The number of anilines is 2. The van der Waals surface area contributed by atoms with Gasteiger partial charge in [-0.15, -0.1) is 0 Å². The fourth-order valence-corrected chi connectivity index (χ4v) is 4.53. The molecule has 0 radical (unpaired) electrons. The number of carbonyl (C=O) groups excluding carboxylic acids is 1. The number of aromatic amines is 1. The van der Waals surface area contributed by atoms with E-state index < -0.39 is 5.63 Å². The average molecular weight is 395 g/mol. The molecule has 2 aliphatic rings. The van der Waals surface area contributed by atoms with Crippen LogP contribution in [-0.4, -0.2) is 22.2 Å². The summed E-state index contributed by atoms with van der Waals surface area (Å²) in [4.78, 5) is 31.4. The summed E-state index contributed by atoms with van der Waals surface area (Å²) < 4.78 is 6.39. The first-order valence-corrected chi connectivity index (χ1v) is 9.98. The Balaban J connectivity index is 1.57. The highest BCUT2D eigenvalue weighted by Crippen LogP contribution is 2.48. The van der Waals surface area contributed by atoms with Crippen molar-refractivity contribution in [2.45, 2.75) is 35.2 Å². The maximum atomic E-state index is 13.7. The number of nitrogens with zero attached hydrogens (tertiary/aromatic N) is 3. The highest BCUT2D eigenvalue weighted by Gasteiger charge is 2.40. The number of urea groups is 1. The number of nitrogens with one attached hydrogen (secondary N) is 1. The van der Waals surface area contributed by atoms with Crippen molar-refractivity contribution < 1.29 is 14.0 Å². The molecule has 1 saturated carbocycles. The Labute approximate surface area is 165 Å². The molecule has 2 heterocycles. The fourth-order valence-electron chi connectivity index (χ4n) is 3.47. The molecule has 0 atom stereocenters. The van der Waals surface area contributed by atoms with Crippen molar-refractivity contribution in [1.29, 1.82) is 0 Å². The fraction of sp³-hybridized carbons (Fsp3) is 0.250. The number of amides is 2. The van der Waals surface area contributed by atoms with Gasteiger partial charge >= 0.3 is 17.4 Å². The highest BCUT2D eigenvalue weighted by atomic mass is 32.2. The summed E-state index contributed by atoms with van der Waals surface area (Å²) in [5.74, 6) is 0. The number of fused-ring (bicyclic) bond motifs is 2. The lowest BCUT2D eigenvalue weighted by molar-refractivity contribution is -0.746. The van der Waals surface area contributed by atoms with E-state index in [-0.39, 0.29) is 18.6 Å². The van der Waals surface area contributed by atoms with Crippen molar-refractivity contribution in [2.24, 2.45) is 7.05 Å². The number of hydrogen-bond acceptors (Lipinski definition) is 4. The molecule has 0 unspecified atom stereocenters. The van der Waals surface area contributed by atoms with Crippen LogP contribution in [-0.2, 0) is 13.6 Å². The monoisotopic (exact) mass is 395 g/mol. The third kappa shape index (κ3) is 2.80. The van der Waals surface area contributed by atoms with Crippen molar-refractivity contribution in [1.82, 2.24) is 10.2 Å². The van der Waals surface area contributed by atoms with Gasteiger partial charge in [0.15, 0.2) is 7.05 Å². The summed E-state index contributed by atoms with van der Waals surface area (Å²) in [5, 5.41) is 2.53. The Morgan fingerprint density at radius 1 is 1.18 bits per heavy atom. The van der Waals surface area contributed by atoms with Crippen molar-refractivity contribution in [2.75, 3.05) is 4.90 Å². The lowest BCUT2D eigenvalue weighted by Gasteiger charge is -2.34. The number of benzene rings is 2. The van der Waals surface area contributed by atoms with E-state index in [1.54, 1.807) is 28.6 Å². The molecule has 8 heteroatoms. The van der Waals surface area contributed by atoms with Crippen LogP contribution >= 0.6 is 11.8 Å². The Morgan fingerprint density at radius 2 is 1.79 bits per heavy atom. The Morgan fingerprint density at radius 3 is 2.32 bits per heavy atom. The molecule has 5 rings (SSSR count). The highest BCUT2D eigenvalue weighted by molar-refractivity contribution is 7.99. The van der Waals surface area contributed by atoms with Gasteiger partial charge in [0.25, 0.3) is 0 Å². The number of aromatic nitrogens is 2. The van der Waals surface area contributed by atoms with E-state index in [4.69, 9.17) is 4.52 Å². The quantitative estimate of drug-likeness (QED) is 0.692. The molecule has 0 saturated heterocycles. The number of rotatable bonds is 3. The van der Waals surface area contributed by atoms with Crippen LogP contribution in [0.4, 0.5) is 16.2 Å². The van der Waals surface area contributed by atoms with Crippen molar-refractivity contribution in [3.05, 3.63) is 64.6 Å². The standard InChI is InChI=1S/C20H18N4O3S/c1-22-16(19(25)27-21-22)12-23(13-10-11-13)20(26)24-14-6-2-4-8-17(14)28-18-9-5-3-7-15(18)24/h2-9,13H,10-12H2,1H3/p+1. The first-order valence-electron chi connectivity index (χ1n) is 9.16. The minimum atomic E-state index is -0.448. The molecular formula is C20H19N4O3S+. The number of aryl methyl sites for hydroxylation is 1. The van der Waals surface area contributed by atoms with E-state index in [0.717, 1.165) is 34.0 Å². The van der Waals surface area contributed by atoms with Gasteiger partial charge in [-0.2, -0.15) is 0 Å². The summed E-state index contributed by atoms with van der Waals surface area (Å²) in [6, 6.07) is 15.8. The number of hydrogen-bond donors (Lipinski definition) is 1. The zero-order valence-electron chi connectivity index (χ0n) is 15.3. The molecular weight excluding hydrogens is 376 g/mol. The number of carbonyl (C=O) groups is 1. The minimum Gasteiger partial charge on any atom is -0.310 e. The van der Waals surface area contributed by atoms with Gasteiger partial charge in [-0.3, -0.25) is 9.42 Å².